The van der Waals surface area contributed by atoms with E-state index >= 15 is 0 Å². The number of hydrogen-bond acceptors (Lipinski definition) is 4. The molecule has 0 aromatic heterocycles. The van der Waals surface area contributed by atoms with E-state index in [0.29, 0.717) is 19.3 Å². The van der Waals surface area contributed by atoms with Gasteiger partial charge in [-0.25, -0.2) is 0 Å². The highest BCUT2D eigenvalue weighted by Crippen LogP contribution is 2.31. The van der Waals surface area contributed by atoms with E-state index in [1.54, 1.807) is 0 Å². The van der Waals surface area contributed by atoms with Crippen molar-refractivity contribution < 1.29 is 14.6 Å². The standard InChI is InChI=1S/C18H29NO3/c1-4-21-16-10-11-18(22-5-2)17(12-16)13(3)19-14-6-8-15(20)9-7-14/h10-15,19-20H,4-9H2,1-3H3. The lowest BCUT2D eigenvalue weighted by molar-refractivity contribution is 0.114. The van der Waals surface area contributed by atoms with E-state index in [0.717, 1.165) is 42.7 Å². The van der Waals surface area contributed by atoms with Gasteiger partial charge in [-0.05, 0) is 64.7 Å². The Balaban J connectivity index is 2.08. The quantitative estimate of drug-likeness (QED) is 0.810. The summed E-state index contributed by atoms with van der Waals surface area (Å²) in [4.78, 5) is 0. The van der Waals surface area contributed by atoms with Crippen LogP contribution in [0.15, 0.2) is 18.2 Å². The minimum Gasteiger partial charge on any atom is -0.494 e. The van der Waals surface area contributed by atoms with E-state index in [9.17, 15) is 5.11 Å². The largest absolute Gasteiger partial charge is 0.494 e. The maximum atomic E-state index is 9.62. The molecule has 0 saturated heterocycles. The molecule has 4 nitrogen and oxygen atoms in total. The zero-order chi connectivity index (χ0) is 15.9. The van der Waals surface area contributed by atoms with Crippen molar-refractivity contribution in [2.75, 3.05) is 13.2 Å². The lowest BCUT2D eigenvalue weighted by Gasteiger charge is -2.30. The molecule has 1 saturated carbocycles. The topological polar surface area (TPSA) is 50.7 Å². The van der Waals surface area contributed by atoms with Crippen LogP contribution in [0.1, 0.15) is 58.1 Å². The van der Waals surface area contributed by atoms with Gasteiger partial charge in [0.15, 0.2) is 0 Å². The third-order valence-electron chi connectivity index (χ3n) is 4.24. The maximum absolute atomic E-state index is 9.62. The summed E-state index contributed by atoms with van der Waals surface area (Å²) in [5, 5.41) is 13.3. The molecule has 2 rings (SSSR count). The van der Waals surface area contributed by atoms with Gasteiger partial charge in [0.05, 0.1) is 19.3 Å². The van der Waals surface area contributed by atoms with Gasteiger partial charge in [0, 0.05) is 17.6 Å². The first-order valence-electron chi connectivity index (χ1n) is 8.47. The smallest absolute Gasteiger partial charge is 0.124 e. The minimum absolute atomic E-state index is 0.117. The predicted molar refractivity (Wildman–Crippen MR) is 88.6 cm³/mol. The van der Waals surface area contributed by atoms with Crippen LogP contribution in [0.4, 0.5) is 0 Å². The number of hydrogen-bond donors (Lipinski definition) is 2. The molecule has 1 aromatic rings. The lowest BCUT2D eigenvalue weighted by Crippen LogP contribution is -2.36. The zero-order valence-corrected chi connectivity index (χ0v) is 14.0. The van der Waals surface area contributed by atoms with Crippen LogP contribution < -0.4 is 14.8 Å². The third kappa shape index (κ3) is 4.62. The Hall–Kier alpha value is -1.26. The van der Waals surface area contributed by atoms with E-state index in [-0.39, 0.29) is 12.1 Å². The maximum Gasteiger partial charge on any atom is 0.124 e. The Morgan fingerprint density at radius 3 is 2.45 bits per heavy atom. The number of ether oxygens (including phenoxy) is 2. The van der Waals surface area contributed by atoms with Crippen LogP contribution >= 0.6 is 0 Å². The van der Waals surface area contributed by atoms with Gasteiger partial charge in [0.1, 0.15) is 11.5 Å². The number of aliphatic hydroxyl groups excluding tert-OH is 1. The van der Waals surface area contributed by atoms with Gasteiger partial charge in [-0.2, -0.15) is 0 Å². The van der Waals surface area contributed by atoms with Crippen molar-refractivity contribution in [3.63, 3.8) is 0 Å². The molecule has 1 aliphatic rings. The van der Waals surface area contributed by atoms with Crippen molar-refractivity contribution in [2.24, 2.45) is 0 Å². The van der Waals surface area contributed by atoms with Crippen LogP contribution in [0, 0.1) is 0 Å². The first-order chi connectivity index (χ1) is 10.6. The Morgan fingerprint density at radius 1 is 1.14 bits per heavy atom. The van der Waals surface area contributed by atoms with Crippen molar-refractivity contribution in [1.29, 1.82) is 0 Å². The molecule has 1 aliphatic carbocycles. The molecule has 4 heteroatoms. The van der Waals surface area contributed by atoms with E-state index in [2.05, 4.69) is 18.3 Å². The molecule has 1 unspecified atom stereocenters. The SMILES string of the molecule is CCOc1ccc(OCC)c(C(C)NC2CCC(O)CC2)c1. The molecule has 124 valence electrons. The highest BCUT2D eigenvalue weighted by atomic mass is 16.5. The molecule has 0 bridgehead atoms. The number of aliphatic hydroxyl groups is 1. The van der Waals surface area contributed by atoms with Crippen molar-refractivity contribution in [3.05, 3.63) is 23.8 Å². The van der Waals surface area contributed by atoms with E-state index in [1.807, 2.05) is 26.0 Å². The van der Waals surface area contributed by atoms with Crippen LogP contribution in [0.5, 0.6) is 11.5 Å². The average molecular weight is 307 g/mol. The average Bonchev–Trinajstić information content (AvgIpc) is 2.51. The number of rotatable bonds is 7. The molecular formula is C18H29NO3. The van der Waals surface area contributed by atoms with Gasteiger partial charge >= 0.3 is 0 Å². The summed E-state index contributed by atoms with van der Waals surface area (Å²) < 4.78 is 11.4. The van der Waals surface area contributed by atoms with Gasteiger partial charge in [0.2, 0.25) is 0 Å². The van der Waals surface area contributed by atoms with Crippen molar-refractivity contribution >= 4 is 0 Å². The number of benzene rings is 1. The summed E-state index contributed by atoms with van der Waals surface area (Å²) in [6.45, 7) is 7.48. The molecule has 0 heterocycles. The van der Waals surface area contributed by atoms with Gasteiger partial charge in [0.25, 0.3) is 0 Å². The molecule has 0 amide bonds. The molecule has 22 heavy (non-hydrogen) atoms. The highest BCUT2D eigenvalue weighted by Gasteiger charge is 2.22. The van der Waals surface area contributed by atoms with E-state index < -0.39 is 0 Å². The fraction of sp³-hybridized carbons (Fsp3) is 0.667. The van der Waals surface area contributed by atoms with Gasteiger partial charge in [-0.1, -0.05) is 0 Å². The second-order valence-electron chi connectivity index (χ2n) is 5.96. The molecule has 0 radical (unpaired) electrons. The van der Waals surface area contributed by atoms with Crippen molar-refractivity contribution in [1.82, 2.24) is 5.32 Å². The first kappa shape index (κ1) is 17.1. The summed E-state index contributed by atoms with van der Waals surface area (Å²) in [5.41, 5.74) is 1.14. The second-order valence-corrected chi connectivity index (χ2v) is 5.96. The van der Waals surface area contributed by atoms with Crippen LogP contribution in [0.3, 0.4) is 0 Å². The summed E-state index contributed by atoms with van der Waals surface area (Å²) >= 11 is 0. The van der Waals surface area contributed by atoms with Crippen LogP contribution in [-0.2, 0) is 0 Å². The fourth-order valence-corrected chi connectivity index (χ4v) is 3.09. The Bertz CT molecular complexity index is 456. The summed E-state index contributed by atoms with van der Waals surface area (Å²) in [7, 11) is 0. The Kier molecular flexibility index (Phi) is 6.52. The molecule has 1 aromatic carbocycles. The van der Waals surface area contributed by atoms with Crippen LogP contribution in [-0.4, -0.2) is 30.5 Å². The fourth-order valence-electron chi connectivity index (χ4n) is 3.09. The Labute approximate surface area is 133 Å². The van der Waals surface area contributed by atoms with E-state index in [1.165, 1.54) is 0 Å². The summed E-state index contributed by atoms with van der Waals surface area (Å²) in [6.07, 6.45) is 3.72. The van der Waals surface area contributed by atoms with Gasteiger partial charge in [-0.15, -0.1) is 0 Å². The highest BCUT2D eigenvalue weighted by molar-refractivity contribution is 5.42. The van der Waals surface area contributed by atoms with Crippen LogP contribution in [0.25, 0.3) is 0 Å². The Morgan fingerprint density at radius 2 is 1.82 bits per heavy atom. The molecule has 1 fully saturated rings. The number of nitrogens with one attached hydrogen (secondary N) is 1. The summed E-state index contributed by atoms with van der Waals surface area (Å²) in [6, 6.07) is 6.68. The third-order valence-corrected chi connectivity index (χ3v) is 4.24. The molecular weight excluding hydrogens is 278 g/mol. The molecule has 0 aliphatic heterocycles. The first-order valence-corrected chi connectivity index (χ1v) is 8.47. The van der Waals surface area contributed by atoms with Gasteiger partial charge in [-0.3, -0.25) is 0 Å². The molecule has 1 atom stereocenters. The van der Waals surface area contributed by atoms with Crippen LogP contribution in [0.2, 0.25) is 0 Å². The summed E-state index contributed by atoms with van der Waals surface area (Å²) in [5.74, 6) is 1.80. The monoisotopic (exact) mass is 307 g/mol. The van der Waals surface area contributed by atoms with Crippen molar-refractivity contribution in [2.45, 2.75) is 64.6 Å². The van der Waals surface area contributed by atoms with E-state index in [4.69, 9.17) is 9.47 Å². The normalized spacial score (nSPS) is 23.1. The predicted octanol–water partition coefficient (Wildman–Crippen LogP) is 3.44. The molecule has 2 N–H and O–H groups in total. The lowest BCUT2D eigenvalue weighted by atomic mass is 9.92. The van der Waals surface area contributed by atoms with Crippen molar-refractivity contribution in [3.8, 4) is 11.5 Å². The minimum atomic E-state index is -0.117. The molecule has 0 spiro atoms. The second kappa shape index (κ2) is 8.39. The zero-order valence-electron chi connectivity index (χ0n) is 14.0. The van der Waals surface area contributed by atoms with Gasteiger partial charge < -0.3 is 19.9 Å².